The third-order valence-corrected chi connectivity index (χ3v) is 3.86. The van der Waals surface area contributed by atoms with E-state index in [0.29, 0.717) is 25.3 Å². The maximum atomic E-state index is 12.5. The van der Waals surface area contributed by atoms with Gasteiger partial charge in [-0.2, -0.15) is 5.10 Å². The van der Waals surface area contributed by atoms with Crippen molar-refractivity contribution in [2.24, 2.45) is 0 Å². The number of aromatic amines is 1. The van der Waals surface area contributed by atoms with Gasteiger partial charge in [-0.3, -0.25) is 9.89 Å². The highest BCUT2D eigenvalue weighted by Crippen LogP contribution is 2.18. The fourth-order valence-corrected chi connectivity index (χ4v) is 2.70. The second kappa shape index (κ2) is 6.24. The van der Waals surface area contributed by atoms with E-state index in [2.05, 4.69) is 10.2 Å². The summed E-state index contributed by atoms with van der Waals surface area (Å²) in [7, 11) is 0. The van der Waals surface area contributed by atoms with Crippen molar-refractivity contribution in [1.29, 1.82) is 0 Å². The second-order valence-corrected chi connectivity index (χ2v) is 5.26. The van der Waals surface area contributed by atoms with Crippen LogP contribution in [0.1, 0.15) is 23.2 Å². The van der Waals surface area contributed by atoms with Crippen LogP contribution in [0.15, 0.2) is 24.4 Å². The van der Waals surface area contributed by atoms with Crippen LogP contribution in [0.5, 0.6) is 0 Å². The summed E-state index contributed by atoms with van der Waals surface area (Å²) in [6.45, 7) is 1.80. The summed E-state index contributed by atoms with van der Waals surface area (Å²) < 4.78 is 5.51. The summed E-state index contributed by atoms with van der Waals surface area (Å²) in [5.74, 6) is 0.0482. The number of piperidine rings is 1. The van der Waals surface area contributed by atoms with E-state index >= 15 is 0 Å². The minimum Gasteiger partial charge on any atom is -0.394 e. The van der Waals surface area contributed by atoms with E-state index in [1.165, 1.54) is 0 Å². The molecule has 1 saturated heterocycles. The number of amides is 1. The summed E-state index contributed by atoms with van der Waals surface area (Å²) in [6.07, 6.45) is 3.53. The molecule has 0 saturated carbocycles. The molecule has 1 aliphatic rings. The molecule has 0 aliphatic carbocycles. The molecule has 1 fully saturated rings. The highest BCUT2D eigenvalue weighted by atomic mass is 16.5. The highest BCUT2D eigenvalue weighted by Gasteiger charge is 2.24. The molecular formula is C15H19N3O3. The lowest BCUT2D eigenvalue weighted by Gasteiger charge is -2.32. The van der Waals surface area contributed by atoms with Crippen LogP contribution in [-0.2, 0) is 4.74 Å². The van der Waals surface area contributed by atoms with Crippen molar-refractivity contribution in [1.82, 2.24) is 15.1 Å². The molecule has 112 valence electrons. The number of likely N-dealkylation sites (tertiary alicyclic amines) is 1. The van der Waals surface area contributed by atoms with Gasteiger partial charge in [0.1, 0.15) is 0 Å². The largest absolute Gasteiger partial charge is 0.394 e. The molecule has 2 heterocycles. The van der Waals surface area contributed by atoms with Gasteiger partial charge in [0.2, 0.25) is 0 Å². The molecule has 21 heavy (non-hydrogen) atoms. The Morgan fingerprint density at radius 1 is 1.43 bits per heavy atom. The van der Waals surface area contributed by atoms with Crippen LogP contribution in [0.2, 0.25) is 0 Å². The van der Waals surface area contributed by atoms with Gasteiger partial charge in [0.25, 0.3) is 5.91 Å². The molecule has 3 rings (SSSR count). The van der Waals surface area contributed by atoms with Crippen molar-refractivity contribution in [2.75, 3.05) is 26.3 Å². The molecule has 0 atom stereocenters. The molecule has 1 aliphatic heterocycles. The lowest BCUT2D eigenvalue weighted by Crippen LogP contribution is -2.41. The number of aromatic nitrogens is 2. The number of fused-ring (bicyclic) bond motifs is 1. The van der Waals surface area contributed by atoms with E-state index < -0.39 is 0 Å². The number of carbonyl (C=O) groups is 1. The number of nitrogens with one attached hydrogen (secondary N) is 1. The van der Waals surface area contributed by atoms with Gasteiger partial charge in [-0.25, -0.2) is 0 Å². The van der Waals surface area contributed by atoms with E-state index in [-0.39, 0.29) is 18.6 Å². The molecule has 2 aromatic rings. The molecule has 6 heteroatoms. The van der Waals surface area contributed by atoms with E-state index in [9.17, 15) is 4.79 Å². The Morgan fingerprint density at radius 2 is 2.24 bits per heavy atom. The molecule has 1 aromatic heterocycles. The Bertz CT molecular complexity index is 617. The maximum Gasteiger partial charge on any atom is 0.253 e. The maximum absolute atomic E-state index is 12.5. The van der Waals surface area contributed by atoms with Crippen molar-refractivity contribution in [3.05, 3.63) is 30.0 Å². The lowest BCUT2D eigenvalue weighted by atomic mass is 10.1. The molecule has 6 nitrogen and oxygen atoms in total. The van der Waals surface area contributed by atoms with Crippen LogP contribution in [0, 0.1) is 0 Å². The fourth-order valence-electron chi connectivity index (χ4n) is 2.70. The predicted octanol–water partition coefficient (Wildman–Crippen LogP) is 1.18. The summed E-state index contributed by atoms with van der Waals surface area (Å²) in [5.41, 5.74) is 1.56. The minimum atomic E-state index is 0.0450. The van der Waals surface area contributed by atoms with Gasteiger partial charge in [-0.15, -0.1) is 0 Å². The Hall–Kier alpha value is -1.92. The van der Waals surface area contributed by atoms with Crippen LogP contribution in [0.4, 0.5) is 0 Å². The molecule has 1 aromatic carbocycles. The highest BCUT2D eigenvalue weighted by molar-refractivity contribution is 5.97. The van der Waals surface area contributed by atoms with E-state index in [4.69, 9.17) is 9.84 Å². The monoisotopic (exact) mass is 289 g/mol. The minimum absolute atomic E-state index is 0.0450. The summed E-state index contributed by atoms with van der Waals surface area (Å²) in [4.78, 5) is 14.4. The van der Waals surface area contributed by atoms with Crippen molar-refractivity contribution in [3.8, 4) is 0 Å². The molecule has 0 bridgehead atoms. The number of hydrogen-bond acceptors (Lipinski definition) is 4. The van der Waals surface area contributed by atoms with Crippen LogP contribution in [-0.4, -0.2) is 58.5 Å². The van der Waals surface area contributed by atoms with Gasteiger partial charge < -0.3 is 14.7 Å². The zero-order valence-electron chi connectivity index (χ0n) is 11.8. The van der Waals surface area contributed by atoms with Gasteiger partial charge in [-0.1, -0.05) is 6.07 Å². The summed E-state index contributed by atoms with van der Waals surface area (Å²) in [5, 5.41) is 16.6. The molecule has 2 N–H and O–H groups in total. The number of aliphatic hydroxyl groups is 1. The number of carbonyl (C=O) groups excluding carboxylic acids is 1. The molecular weight excluding hydrogens is 270 g/mol. The van der Waals surface area contributed by atoms with Crippen LogP contribution < -0.4 is 0 Å². The molecule has 1 amide bonds. The van der Waals surface area contributed by atoms with Crippen molar-refractivity contribution in [3.63, 3.8) is 0 Å². The first-order valence-electron chi connectivity index (χ1n) is 7.23. The van der Waals surface area contributed by atoms with Crippen molar-refractivity contribution >= 4 is 16.8 Å². The Kier molecular flexibility index (Phi) is 4.17. The summed E-state index contributed by atoms with van der Waals surface area (Å²) >= 11 is 0. The number of ether oxygens (including phenoxy) is 1. The summed E-state index contributed by atoms with van der Waals surface area (Å²) in [6, 6.07) is 5.59. The number of rotatable bonds is 4. The standard InChI is InChI=1S/C15H19N3O3/c19-7-8-21-13-3-5-18(6-4-13)15(20)11-1-2-12-10-16-17-14(12)9-11/h1-2,9-10,13,19H,3-8H2,(H,16,17). The molecule has 0 spiro atoms. The van der Waals surface area contributed by atoms with E-state index in [1.807, 2.05) is 23.1 Å². The normalized spacial score (nSPS) is 16.5. The first kappa shape index (κ1) is 14.0. The fraction of sp³-hybridized carbons (Fsp3) is 0.467. The second-order valence-electron chi connectivity index (χ2n) is 5.26. The number of nitrogens with zero attached hydrogens (tertiary/aromatic N) is 2. The Morgan fingerprint density at radius 3 is 3.00 bits per heavy atom. The first-order valence-corrected chi connectivity index (χ1v) is 7.23. The zero-order chi connectivity index (χ0) is 14.7. The van der Waals surface area contributed by atoms with Gasteiger partial charge in [-0.05, 0) is 25.0 Å². The number of hydrogen-bond donors (Lipinski definition) is 2. The Labute approximate surface area is 122 Å². The van der Waals surface area contributed by atoms with Crippen LogP contribution in [0.3, 0.4) is 0 Å². The van der Waals surface area contributed by atoms with Gasteiger partial charge in [0.15, 0.2) is 0 Å². The van der Waals surface area contributed by atoms with Gasteiger partial charge in [0, 0.05) is 24.0 Å². The quantitative estimate of drug-likeness (QED) is 0.886. The van der Waals surface area contributed by atoms with Crippen LogP contribution in [0.25, 0.3) is 10.9 Å². The number of benzene rings is 1. The number of aliphatic hydroxyl groups excluding tert-OH is 1. The Balaban J connectivity index is 1.63. The topological polar surface area (TPSA) is 78.5 Å². The van der Waals surface area contributed by atoms with Crippen molar-refractivity contribution < 1.29 is 14.6 Å². The van der Waals surface area contributed by atoms with Crippen molar-refractivity contribution in [2.45, 2.75) is 18.9 Å². The van der Waals surface area contributed by atoms with E-state index in [0.717, 1.165) is 23.7 Å². The smallest absolute Gasteiger partial charge is 0.253 e. The number of H-pyrrole nitrogens is 1. The van der Waals surface area contributed by atoms with Gasteiger partial charge in [0.05, 0.1) is 31.0 Å². The average Bonchev–Trinajstić information content (AvgIpc) is 3.00. The third kappa shape index (κ3) is 3.06. The molecule has 0 radical (unpaired) electrons. The van der Waals surface area contributed by atoms with Crippen LogP contribution >= 0.6 is 0 Å². The average molecular weight is 289 g/mol. The molecule has 0 unspecified atom stereocenters. The van der Waals surface area contributed by atoms with Gasteiger partial charge >= 0.3 is 0 Å². The van der Waals surface area contributed by atoms with E-state index in [1.54, 1.807) is 6.20 Å². The lowest BCUT2D eigenvalue weighted by molar-refractivity contribution is -0.00553. The first-order chi connectivity index (χ1) is 10.3. The zero-order valence-corrected chi connectivity index (χ0v) is 11.8. The predicted molar refractivity (Wildman–Crippen MR) is 78.1 cm³/mol. The SMILES string of the molecule is O=C(c1ccc2cn[nH]c2c1)N1CCC(OCCO)CC1. The third-order valence-electron chi connectivity index (χ3n) is 3.86.